The molecular weight excluding hydrogens is 283 g/mol. The van der Waals surface area contributed by atoms with Crippen molar-refractivity contribution in [2.45, 2.75) is 11.8 Å². The molecular formula is C10H15LiN2O4S2. The summed E-state index contributed by atoms with van der Waals surface area (Å²) >= 11 is 0.837. The van der Waals surface area contributed by atoms with Gasteiger partial charge in [-0.1, -0.05) is 6.92 Å². The molecule has 102 valence electrons. The van der Waals surface area contributed by atoms with E-state index in [1.807, 2.05) is 18.9 Å². The molecule has 0 unspecified atom stereocenters. The van der Waals surface area contributed by atoms with Crippen LogP contribution in [-0.4, -0.2) is 46.0 Å². The molecule has 0 aliphatic carbocycles. The number of carbonyl (C=O) groups is 1. The largest absolute Gasteiger partial charge is 1.00 e. The molecule has 0 saturated carbocycles. The van der Waals surface area contributed by atoms with Crippen molar-refractivity contribution in [1.29, 1.82) is 0 Å². The van der Waals surface area contributed by atoms with Gasteiger partial charge in [0.25, 0.3) is 0 Å². The fourth-order valence-electron chi connectivity index (χ4n) is 1.26. The Kier molecular flexibility index (Phi) is 7.89. The Bertz CT molecular complexity index is 515. The Morgan fingerprint density at radius 3 is 2.68 bits per heavy atom. The predicted molar refractivity (Wildman–Crippen MR) is 67.0 cm³/mol. The Morgan fingerprint density at radius 2 is 2.16 bits per heavy atom. The van der Waals surface area contributed by atoms with Crippen LogP contribution in [0.3, 0.4) is 0 Å². The molecule has 1 aromatic rings. The minimum atomic E-state index is -3.78. The van der Waals surface area contributed by atoms with Crippen molar-refractivity contribution in [3.63, 3.8) is 0 Å². The maximum atomic E-state index is 11.9. The van der Waals surface area contributed by atoms with E-state index in [-0.39, 0.29) is 35.2 Å². The summed E-state index contributed by atoms with van der Waals surface area (Å²) in [6.45, 7) is 3.56. The van der Waals surface area contributed by atoms with E-state index in [0.717, 1.165) is 17.9 Å². The monoisotopic (exact) mass is 298 g/mol. The Morgan fingerprint density at radius 1 is 1.53 bits per heavy atom. The van der Waals surface area contributed by atoms with Crippen molar-refractivity contribution in [3.05, 3.63) is 16.3 Å². The van der Waals surface area contributed by atoms with Crippen molar-refractivity contribution in [3.8, 4) is 0 Å². The summed E-state index contributed by atoms with van der Waals surface area (Å²) in [5.41, 5.74) is 0. The summed E-state index contributed by atoms with van der Waals surface area (Å²) in [5.74, 6) is -1.48. The van der Waals surface area contributed by atoms with Crippen molar-refractivity contribution in [1.82, 2.24) is 9.62 Å². The van der Waals surface area contributed by atoms with Crippen molar-refractivity contribution in [2.24, 2.45) is 0 Å². The number of hydrogen-bond donors (Lipinski definition) is 1. The molecule has 0 spiro atoms. The molecule has 0 aliphatic heterocycles. The molecule has 1 aromatic heterocycles. The molecule has 9 heteroatoms. The molecule has 0 radical (unpaired) electrons. The summed E-state index contributed by atoms with van der Waals surface area (Å²) in [7, 11) is -1.92. The maximum absolute atomic E-state index is 11.9. The first kappa shape index (κ1) is 18.6. The van der Waals surface area contributed by atoms with Gasteiger partial charge in [-0.3, -0.25) is 0 Å². The summed E-state index contributed by atoms with van der Waals surface area (Å²) in [4.78, 5) is 12.2. The molecule has 0 saturated heterocycles. The predicted octanol–water partition coefficient (Wildman–Crippen LogP) is -3.65. The van der Waals surface area contributed by atoms with E-state index in [9.17, 15) is 18.3 Å². The Balaban J connectivity index is 0.00000324. The van der Waals surface area contributed by atoms with Gasteiger partial charge in [-0.15, -0.1) is 11.3 Å². The number of carboxylic acid groups (broad SMARTS) is 1. The zero-order valence-corrected chi connectivity index (χ0v) is 12.8. The molecule has 0 atom stereocenters. The normalized spacial score (nSPS) is 11.3. The molecule has 0 fully saturated rings. The van der Waals surface area contributed by atoms with Gasteiger partial charge in [0.05, 0.1) is 10.8 Å². The van der Waals surface area contributed by atoms with Crippen LogP contribution in [0.5, 0.6) is 0 Å². The second kappa shape index (κ2) is 8.04. The minimum absolute atomic E-state index is 0. The van der Waals surface area contributed by atoms with Gasteiger partial charge in [-0.25, -0.2) is 13.1 Å². The number of likely N-dealkylation sites (N-methyl/N-ethyl adjacent to an activating group) is 1. The van der Waals surface area contributed by atoms with E-state index in [1.165, 1.54) is 11.4 Å². The van der Waals surface area contributed by atoms with Gasteiger partial charge >= 0.3 is 18.9 Å². The van der Waals surface area contributed by atoms with Crippen LogP contribution in [-0.2, 0) is 10.0 Å². The first-order valence-corrected chi connectivity index (χ1v) is 7.71. The second-order valence-corrected chi connectivity index (χ2v) is 6.35. The molecule has 0 aromatic carbocycles. The van der Waals surface area contributed by atoms with Crippen LogP contribution in [0.4, 0.5) is 0 Å². The van der Waals surface area contributed by atoms with Gasteiger partial charge < -0.3 is 14.8 Å². The first-order valence-electron chi connectivity index (χ1n) is 5.35. The van der Waals surface area contributed by atoms with Crippen molar-refractivity contribution < 1.29 is 37.2 Å². The van der Waals surface area contributed by atoms with Crippen LogP contribution in [0.15, 0.2) is 16.3 Å². The summed E-state index contributed by atoms with van der Waals surface area (Å²) < 4.78 is 26.1. The van der Waals surface area contributed by atoms with Crippen molar-refractivity contribution >= 4 is 27.3 Å². The number of rotatable bonds is 7. The summed E-state index contributed by atoms with van der Waals surface area (Å²) in [6.07, 6.45) is 0. The molecule has 1 heterocycles. The minimum Gasteiger partial charge on any atom is -0.544 e. The summed E-state index contributed by atoms with van der Waals surface area (Å²) in [5, 5.41) is 12.2. The number of thiophene rings is 1. The second-order valence-electron chi connectivity index (χ2n) is 3.70. The smallest absolute Gasteiger partial charge is 0.544 e. The van der Waals surface area contributed by atoms with Gasteiger partial charge in [-0.05, 0) is 25.0 Å². The number of hydrogen-bond acceptors (Lipinski definition) is 6. The molecule has 1 rings (SSSR count). The van der Waals surface area contributed by atoms with E-state index >= 15 is 0 Å². The van der Waals surface area contributed by atoms with E-state index in [2.05, 4.69) is 4.72 Å². The fourth-order valence-corrected chi connectivity index (χ4v) is 3.54. The van der Waals surface area contributed by atoms with Gasteiger partial charge in [0.2, 0.25) is 10.0 Å². The van der Waals surface area contributed by atoms with E-state index < -0.39 is 16.0 Å². The van der Waals surface area contributed by atoms with Crippen LogP contribution in [0.25, 0.3) is 0 Å². The summed E-state index contributed by atoms with van der Waals surface area (Å²) in [6, 6.07) is 1.27. The van der Waals surface area contributed by atoms with Gasteiger partial charge in [-0.2, -0.15) is 0 Å². The fraction of sp³-hybridized carbons (Fsp3) is 0.500. The van der Waals surface area contributed by atoms with Crippen LogP contribution in [0.1, 0.15) is 16.6 Å². The van der Waals surface area contributed by atoms with Crippen LogP contribution in [0.2, 0.25) is 0 Å². The molecule has 0 amide bonds. The number of carbonyl (C=O) groups excluding carboxylic acids is 1. The Hall–Kier alpha value is -0.363. The third kappa shape index (κ3) is 5.26. The first-order chi connectivity index (χ1) is 8.38. The van der Waals surface area contributed by atoms with Gasteiger partial charge in [0.15, 0.2) is 0 Å². The standard InChI is InChI=1S/C10H16N2O4S2.Li/c1-3-12(2)6-5-11-18(15,16)8-4-7-17-9(8)10(13)14;/h4,7,11H,3,5-6H2,1-2H3,(H,13,14);/q;+1/p-1. The van der Waals surface area contributed by atoms with Crippen LogP contribution >= 0.6 is 11.3 Å². The average molecular weight is 298 g/mol. The van der Waals surface area contributed by atoms with Crippen molar-refractivity contribution in [2.75, 3.05) is 26.7 Å². The number of nitrogens with zero attached hydrogens (tertiary/aromatic N) is 1. The van der Waals surface area contributed by atoms with E-state index in [0.29, 0.717) is 6.54 Å². The van der Waals surface area contributed by atoms with Crippen LogP contribution < -0.4 is 28.7 Å². The molecule has 0 bridgehead atoms. The zero-order chi connectivity index (χ0) is 13.8. The average Bonchev–Trinajstić information content (AvgIpc) is 2.78. The van der Waals surface area contributed by atoms with Gasteiger partial charge in [0.1, 0.15) is 4.90 Å². The third-order valence-corrected chi connectivity index (χ3v) is 4.96. The third-order valence-electron chi connectivity index (χ3n) is 2.43. The Labute approximate surface area is 129 Å². The number of nitrogens with one attached hydrogen (secondary N) is 1. The van der Waals surface area contributed by atoms with Crippen LogP contribution in [0, 0.1) is 0 Å². The molecule has 19 heavy (non-hydrogen) atoms. The number of carboxylic acids is 1. The molecule has 1 N–H and O–H groups in total. The van der Waals surface area contributed by atoms with Gasteiger partial charge in [0, 0.05) is 13.1 Å². The van der Waals surface area contributed by atoms with E-state index in [1.54, 1.807) is 0 Å². The SMILES string of the molecule is CCN(C)CCNS(=O)(=O)c1ccsc1C(=O)[O-].[Li+]. The van der Waals surface area contributed by atoms with E-state index in [4.69, 9.17) is 0 Å². The molecule has 6 nitrogen and oxygen atoms in total. The zero-order valence-electron chi connectivity index (χ0n) is 11.2. The quantitative estimate of drug-likeness (QED) is 0.524. The maximum Gasteiger partial charge on any atom is 1.00 e. The number of sulfonamides is 1. The number of aromatic carboxylic acids is 1. The topological polar surface area (TPSA) is 89.5 Å². The molecule has 0 aliphatic rings.